The first-order valence-electron chi connectivity index (χ1n) is 29.2. The fourth-order valence-corrected chi connectivity index (χ4v) is 14.2. The number of fused-ring (bicyclic) bond motifs is 11. The topological polar surface area (TPSA) is 19.6 Å². The fourth-order valence-electron chi connectivity index (χ4n) is 12.9. The Labute approximate surface area is 499 Å². The molecular weight excluding hydrogens is 1080 g/mol. The monoisotopic (exact) mass is 1140 g/mol. The van der Waals surface area contributed by atoms with Crippen molar-refractivity contribution in [3.05, 3.63) is 262 Å². The van der Waals surface area contributed by atoms with Gasteiger partial charge >= 0.3 is 0 Å². The summed E-state index contributed by atoms with van der Waals surface area (Å²) in [6.45, 7) is 26.4. The van der Waals surface area contributed by atoms with Crippen LogP contribution >= 0.6 is 11.3 Å². The molecule has 2 heterocycles. The SMILES string of the molecule is CC(C)(C)c1ccc(N(c2ccc(C(C)(C)C)cc2)c2cc3c(c4oc5c(F)cccc5c24)-c2c(cc(N(c4ccc(C(C)(C)C)cc4)c4ccc(C(C)(C)C)cc4)c4c2sc2c(F)cccc24)C3(c2ccc(F)cc2)c2ccc(F)cc2)cc1. The zero-order valence-corrected chi connectivity index (χ0v) is 51.0. The second-order valence-corrected chi connectivity index (χ2v) is 28.1. The number of halogens is 4. The van der Waals surface area contributed by atoms with Crippen LogP contribution in [0.1, 0.15) is 128 Å². The van der Waals surface area contributed by atoms with Crippen LogP contribution in [0, 0.1) is 23.3 Å². The zero-order valence-electron chi connectivity index (χ0n) is 50.2. The van der Waals surface area contributed by atoms with E-state index in [2.05, 4.69) is 202 Å². The molecule has 85 heavy (non-hydrogen) atoms. The molecule has 10 aromatic carbocycles. The predicted molar refractivity (Wildman–Crippen MR) is 348 cm³/mol. The van der Waals surface area contributed by atoms with Gasteiger partial charge in [-0.1, -0.05) is 180 Å². The highest BCUT2D eigenvalue weighted by molar-refractivity contribution is 7.26. The van der Waals surface area contributed by atoms with Gasteiger partial charge in [0.2, 0.25) is 0 Å². The fraction of sp³-hybridized carbons (Fsp3) is 0.221. The Morgan fingerprint density at radius 3 is 1.13 bits per heavy atom. The van der Waals surface area contributed by atoms with Crippen molar-refractivity contribution in [3.8, 4) is 11.1 Å². The average Bonchev–Trinajstić information content (AvgIpc) is 1.98. The van der Waals surface area contributed by atoms with E-state index in [0.717, 1.165) is 82.9 Å². The molecule has 0 aliphatic heterocycles. The molecule has 0 saturated carbocycles. The quantitative estimate of drug-likeness (QED) is 0.141. The summed E-state index contributed by atoms with van der Waals surface area (Å²) < 4.78 is 74.1. The van der Waals surface area contributed by atoms with Crippen LogP contribution in [0.3, 0.4) is 0 Å². The molecule has 0 bridgehead atoms. The Kier molecular flexibility index (Phi) is 13.0. The molecule has 0 N–H and O–H groups in total. The zero-order chi connectivity index (χ0) is 59.9. The summed E-state index contributed by atoms with van der Waals surface area (Å²) >= 11 is 1.37. The number of nitrogens with zero attached hydrogens (tertiary/aromatic N) is 2. The van der Waals surface area contributed by atoms with Crippen LogP contribution < -0.4 is 9.80 Å². The van der Waals surface area contributed by atoms with Gasteiger partial charge in [-0.2, -0.15) is 0 Å². The van der Waals surface area contributed by atoms with Crippen molar-refractivity contribution in [1.82, 2.24) is 0 Å². The third-order valence-corrected chi connectivity index (χ3v) is 18.7. The van der Waals surface area contributed by atoms with Gasteiger partial charge in [0.15, 0.2) is 11.4 Å². The van der Waals surface area contributed by atoms with E-state index in [1.807, 2.05) is 36.4 Å². The summed E-state index contributed by atoms with van der Waals surface area (Å²) in [6, 6.07) is 62.4. The molecule has 0 unspecified atom stereocenters. The van der Waals surface area contributed by atoms with Crippen LogP contribution in [-0.2, 0) is 27.1 Å². The van der Waals surface area contributed by atoms with Gasteiger partial charge in [0.25, 0.3) is 0 Å². The maximum atomic E-state index is 17.1. The highest BCUT2D eigenvalue weighted by Crippen LogP contribution is 2.65. The molecule has 426 valence electrons. The van der Waals surface area contributed by atoms with Gasteiger partial charge in [0, 0.05) is 54.7 Å². The molecule has 0 radical (unpaired) electrons. The molecule has 3 nitrogen and oxygen atoms in total. The van der Waals surface area contributed by atoms with Gasteiger partial charge in [0.1, 0.15) is 23.0 Å². The van der Waals surface area contributed by atoms with Crippen LogP contribution in [0.25, 0.3) is 53.2 Å². The standard InChI is InChI=1S/C77H68F4N2OS/c1-73(2,3)45-23-35-53(36-24-45)82(54-37-25-46(26-38-54)74(4,5)6)63-43-59-67(70-65(63)57-15-13-17-61(80)69(57)84-70)68-60(77(59,49-19-31-51(78)32-20-49)50-21-33-52(79)34-22-50)44-64(66-58-16-14-18-62(81)71(58)85-72(66)68)83(55-39-27-47(28-40-55)75(7,8)9)56-41-29-48(30-42-56)76(10,11)12/h13-44H,1-12H3. The number of rotatable bonds is 8. The summed E-state index contributed by atoms with van der Waals surface area (Å²) in [5, 5.41) is 2.75. The van der Waals surface area contributed by atoms with E-state index in [0.29, 0.717) is 43.4 Å². The Balaban J connectivity index is 1.25. The Morgan fingerprint density at radius 1 is 0.365 bits per heavy atom. The molecule has 0 amide bonds. The molecule has 1 aliphatic rings. The van der Waals surface area contributed by atoms with Crippen LogP contribution in [0.15, 0.2) is 199 Å². The number of hydrogen-bond acceptors (Lipinski definition) is 4. The second-order valence-electron chi connectivity index (χ2n) is 27.1. The van der Waals surface area contributed by atoms with E-state index in [1.165, 1.54) is 47.7 Å². The molecule has 0 spiro atoms. The van der Waals surface area contributed by atoms with E-state index in [1.54, 1.807) is 12.1 Å². The van der Waals surface area contributed by atoms with Crippen molar-refractivity contribution in [3.63, 3.8) is 0 Å². The van der Waals surface area contributed by atoms with E-state index in [-0.39, 0.29) is 33.1 Å². The number of anilines is 6. The van der Waals surface area contributed by atoms with E-state index < -0.39 is 22.9 Å². The van der Waals surface area contributed by atoms with Crippen LogP contribution in [0.4, 0.5) is 51.7 Å². The van der Waals surface area contributed by atoms with E-state index in [4.69, 9.17) is 4.42 Å². The molecular formula is C77H68F4N2OS. The smallest absolute Gasteiger partial charge is 0.171 e. The maximum absolute atomic E-state index is 17.1. The molecule has 12 aromatic rings. The predicted octanol–water partition coefficient (Wildman–Crippen LogP) is 23.0. The minimum Gasteiger partial charge on any atom is -0.452 e. The third kappa shape index (κ3) is 9.13. The lowest BCUT2D eigenvalue weighted by atomic mass is 9.67. The molecule has 13 rings (SSSR count). The van der Waals surface area contributed by atoms with Crippen LogP contribution in [0.2, 0.25) is 0 Å². The molecule has 1 aliphatic carbocycles. The summed E-state index contributed by atoms with van der Waals surface area (Å²) in [7, 11) is 0. The molecule has 0 fully saturated rings. The first kappa shape index (κ1) is 55.7. The summed E-state index contributed by atoms with van der Waals surface area (Å²) in [5.41, 5.74) is 12.4. The van der Waals surface area contributed by atoms with E-state index in [9.17, 15) is 0 Å². The van der Waals surface area contributed by atoms with Crippen molar-refractivity contribution in [2.45, 2.75) is 110 Å². The van der Waals surface area contributed by atoms with Crippen molar-refractivity contribution in [2.24, 2.45) is 0 Å². The first-order chi connectivity index (χ1) is 40.3. The third-order valence-electron chi connectivity index (χ3n) is 17.5. The lowest BCUT2D eigenvalue weighted by molar-refractivity contribution is 0.584. The van der Waals surface area contributed by atoms with Gasteiger partial charge in [-0.3, -0.25) is 0 Å². The number of para-hydroxylation sites is 1. The van der Waals surface area contributed by atoms with Gasteiger partial charge in [-0.05, 0) is 163 Å². The minimum absolute atomic E-state index is 0.0831. The number of thiophene rings is 1. The highest BCUT2D eigenvalue weighted by atomic mass is 32.1. The van der Waals surface area contributed by atoms with Gasteiger partial charge in [0.05, 0.1) is 26.9 Å². The Morgan fingerprint density at radius 2 is 0.729 bits per heavy atom. The maximum Gasteiger partial charge on any atom is 0.171 e. The molecule has 0 atom stereocenters. The van der Waals surface area contributed by atoms with Crippen molar-refractivity contribution in [2.75, 3.05) is 9.80 Å². The lowest BCUT2D eigenvalue weighted by Gasteiger charge is -2.36. The summed E-state index contributed by atoms with van der Waals surface area (Å²) in [5.74, 6) is -1.75. The van der Waals surface area contributed by atoms with Crippen molar-refractivity contribution >= 4 is 87.6 Å². The van der Waals surface area contributed by atoms with E-state index >= 15 is 17.6 Å². The number of furan rings is 1. The molecule has 0 saturated heterocycles. The normalized spacial score (nSPS) is 13.5. The minimum atomic E-state index is -1.38. The largest absolute Gasteiger partial charge is 0.452 e. The molecule has 8 heteroatoms. The van der Waals surface area contributed by atoms with Gasteiger partial charge < -0.3 is 14.2 Å². The Hall–Kier alpha value is -8.46. The summed E-state index contributed by atoms with van der Waals surface area (Å²) in [6.07, 6.45) is 0. The lowest BCUT2D eigenvalue weighted by Crippen LogP contribution is -2.29. The first-order valence-corrected chi connectivity index (χ1v) is 30.1. The number of benzene rings is 10. The average molecular weight is 1150 g/mol. The van der Waals surface area contributed by atoms with Gasteiger partial charge in [-0.15, -0.1) is 11.3 Å². The van der Waals surface area contributed by atoms with Gasteiger partial charge in [-0.25, -0.2) is 17.6 Å². The summed E-state index contributed by atoms with van der Waals surface area (Å²) in [4.78, 5) is 4.49. The van der Waals surface area contributed by atoms with Crippen molar-refractivity contribution < 1.29 is 22.0 Å². The van der Waals surface area contributed by atoms with Crippen molar-refractivity contribution in [1.29, 1.82) is 0 Å². The highest BCUT2D eigenvalue weighted by Gasteiger charge is 2.51. The Bertz CT molecular complexity index is 4160. The number of hydrogen-bond donors (Lipinski definition) is 0. The van der Waals surface area contributed by atoms with Crippen LogP contribution in [0.5, 0.6) is 0 Å². The second kappa shape index (κ2) is 19.8. The van der Waals surface area contributed by atoms with Crippen LogP contribution in [-0.4, -0.2) is 0 Å². The molecule has 2 aromatic heterocycles.